The van der Waals surface area contributed by atoms with Crippen LogP contribution in [0.25, 0.3) is 0 Å². The van der Waals surface area contributed by atoms with E-state index in [1.165, 1.54) is 12.1 Å². The molecule has 2 aromatic carbocycles. The zero-order chi connectivity index (χ0) is 20.1. The number of piperidine rings is 1. The second-order valence-electron chi connectivity index (χ2n) is 6.98. The van der Waals surface area contributed by atoms with Gasteiger partial charge in [0.1, 0.15) is 0 Å². The molecule has 150 valence electrons. The van der Waals surface area contributed by atoms with Crippen molar-refractivity contribution in [3.63, 3.8) is 0 Å². The number of hydrogen-bond donors (Lipinski definition) is 2. The minimum absolute atomic E-state index is 0.0621. The molecule has 8 heteroatoms. The summed E-state index contributed by atoms with van der Waals surface area (Å²) in [6.45, 7) is 1.53. The van der Waals surface area contributed by atoms with E-state index >= 15 is 0 Å². The molecular formula is C20H23F2N3O3. The first-order valence-electron chi connectivity index (χ1n) is 9.21. The molecule has 0 spiro atoms. The van der Waals surface area contributed by atoms with Gasteiger partial charge in [-0.1, -0.05) is 24.3 Å². The van der Waals surface area contributed by atoms with Gasteiger partial charge in [0.2, 0.25) is 0 Å². The van der Waals surface area contributed by atoms with E-state index in [1.807, 2.05) is 0 Å². The van der Waals surface area contributed by atoms with Crippen LogP contribution in [0, 0.1) is 10.1 Å². The maximum atomic E-state index is 13.2. The first-order valence-corrected chi connectivity index (χ1v) is 9.21. The minimum atomic E-state index is -2.50. The lowest BCUT2D eigenvalue weighted by atomic mass is 10.0. The number of likely N-dealkylation sites (tertiary alicyclic amines) is 1. The van der Waals surface area contributed by atoms with Crippen LogP contribution in [0.15, 0.2) is 42.5 Å². The molecule has 3 rings (SSSR count). The van der Waals surface area contributed by atoms with Gasteiger partial charge < -0.3 is 10.4 Å². The topological polar surface area (TPSA) is 78.6 Å². The van der Waals surface area contributed by atoms with Crippen LogP contribution < -0.4 is 5.32 Å². The highest BCUT2D eigenvalue weighted by Gasteiger charge is 2.23. The zero-order valence-corrected chi connectivity index (χ0v) is 15.4. The number of hydrogen-bond acceptors (Lipinski definition) is 5. The quantitative estimate of drug-likeness (QED) is 0.549. The molecule has 2 N–H and O–H groups in total. The van der Waals surface area contributed by atoms with Crippen molar-refractivity contribution in [2.75, 3.05) is 18.4 Å². The van der Waals surface area contributed by atoms with Gasteiger partial charge in [-0.25, -0.2) is 8.78 Å². The van der Waals surface area contributed by atoms with Crippen molar-refractivity contribution < 1.29 is 18.8 Å². The highest BCUT2D eigenvalue weighted by molar-refractivity contribution is 5.55. The monoisotopic (exact) mass is 391 g/mol. The van der Waals surface area contributed by atoms with E-state index in [4.69, 9.17) is 0 Å². The number of anilines is 1. The molecule has 1 aliphatic rings. The summed E-state index contributed by atoms with van der Waals surface area (Å²) in [5, 5.41) is 23.7. The van der Waals surface area contributed by atoms with E-state index in [0.717, 1.165) is 19.4 Å². The van der Waals surface area contributed by atoms with Gasteiger partial charge in [0, 0.05) is 36.4 Å². The molecule has 1 fully saturated rings. The molecule has 0 aromatic heterocycles. The summed E-state index contributed by atoms with van der Waals surface area (Å²) in [7, 11) is 0. The van der Waals surface area contributed by atoms with Gasteiger partial charge in [-0.15, -0.1) is 0 Å². The van der Waals surface area contributed by atoms with Crippen LogP contribution in [0.3, 0.4) is 0 Å². The summed E-state index contributed by atoms with van der Waals surface area (Å²) in [6, 6.07) is 11.3. The molecule has 1 atom stereocenters. The van der Waals surface area contributed by atoms with Crippen molar-refractivity contribution in [3.8, 4) is 0 Å². The van der Waals surface area contributed by atoms with Crippen molar-refractivity contribution in [1.82, 2.24) is 4.90 Å². The molecule has 1 unspecified atom stereocenters. The molecule has 1 aliphatic heterocycles. The Balaban J connectivity index is 1.67. The predicted molar refractivity (Wildman–Crippen MR) is 102 cm³/mol. The molecule has 0 saturated carbocycles. The van der Waals surface area contributed by atoms with E-state index in [2.05, 4.69) is 10.2 Å². The number of rotatable bonds is 7. The predicted octanol–water partition coefficient (Wildman–Crippen LogP) is 4.10. The number of nitro benzene ring substituents is 1. The lowest BCUT2D eigenvalue weighted by molar-refractivity contribution is -0.385. The third kappa shape index (κ3) is 4.82. The fourth-order valence-electron chi connectivity index (χ4n) is 3.64. The SMILES string of the molecule is O=[N+]([O-])c1cc(NC2CCCN(Cc3ccccc3C(F)F)C2)ccc1CO. The fraction of sp³-hybridized carbons (Fsp3) is 0.400. The zero-order valence-electron chi connectivity index (χ0n) is 15.4. The average molecular weight is 391 g/mol. The van der Waals surface area contributed by atoms with E-state index in [0.29, 0.717) is 24.3 Å². The number of nitrogens with one attached hydrogen (secondary N) is 1. The summed E-state index contributed by atoms with van der Waals surface area (Å²) in [4.78, 5) is 12.8. The molecule has 0 bridgehead atoms. The summed E-state index contributed by atoms with van der Waals surface area (Å²) >= 11 is 0. The molecule has 6 nitrogen and oxygen atoms in total. The molecule has 1 saturated heterocycles. The summed E-state index contributed by atoms with van der Waals surface area (Å²) < 4.78 is 26.4. The number of halogens is 2. The molecule has 1 heterocycles. The Labute approximate surface area is 161 Å². The average Bonchev–Trinajstić information content (AvgIpc) is 2.68. The lowest BCUT2D eigenvalue weighted by Gasteiger charge is -2.34. The number of aliphatic hydroxyl groups excluding tert-OH is 1. The van der Waals surface area contributed by atoms with Crippen LogP contribution in [0.4, 0.5) is 20.2 Å². The van der Waals surface area contributed by atoms with Crippen molar-refractivity contribution in [2.45, 2.75) is 38.5 Å². The fourth-order valence-corrected chi connectivity index (χ4v) is 3.64. The summed E-state index contributed by atoms with van der Waals surface area (Å²) in [5.74, 6) is 0. The Morgan fingerprint density at radius 2 is 2.04 bits per heavy atom. The molecule has 0 aliphatic carbocycles. The summed E-state index contributed by atoms with van der Waals surface area (Å²) in [5.41, 5.74) is 1.45. The van der Waals surface area contributed by atoms with Crippen LogP contribution in [0.5, 0.6) is 0 Å². The van der Waals surface area contributed by atoms with E-state index in [9.17, 15) is 24.0 Å². The Bertz CT molecular complexity index is 832. The van der Waals surface area contributed by atoms with E-state index in [1.54, 1.807) is 30.3 Å². The second-order valence-corrected chi connectivity index (χ2v) is 6.98. The van der Waals surface area contributed by atoms with Crippen molar-refractivity contribution in [2.24, 2.45) is 0 Å². The second kappa shape index (κ2) is 9.07. The van der Waals surface area contributed by atoms with Crippen LogP contribution in [0.2, 0.25) is 0 Å². The summed E-state index contributed by atoms with van der Waals surface area (Å²) in [6.07, 6.45) is -0.700. The van der Waals surface area contributed by atoms with Crippen molar-refractivity contribution in [3.05, 3.63) is 69.3 Å². The number of nitrogens with zero attached hydrogens (tertiary/aromatic N) is 2. The smallest absolute Gasteiger partial charge is 0.276 e. The third-order valence-electron chi connectivity index (χ3n) is 5.01. The van der Waals surface area contributed by atoms with Crippen LogP contribution in [-0.2, 0) is 13.2 Å². The lowest BCUT2D eigenvalue weighted by Crippen LogP contribution is -2.41. The molecule has 0 radical (unpaired) electrons. The first-order chi connectivity index (χ1) is 13.5. The number of alkyl halides is 2. The molecular weight excluding hydrogens is 368 g/mol. The Morgan fingerprint density at radius 3 is 2.75 bits per heavy atom. The normalized spacial score (nSPS) is 17.6. The Hall–Kier alpha value is -2.58. The number of aliphatic hydroxyl groups is 1. The largest absolute Gasteiger partial charge is 0.391 e. The van der Waals surface area contributed by atoms with Gasteiger partial charge in [-0.2, -0.15) is 0 Å². The number of nitro groups is 1. The van der Waals surface area contributed by atoms with E-state index in [-0.39, 0.29) is 22.9 Å². The van der Waals surface area contributed by atoms with Gasteiger partial charge in [0.25, 0.3) is 12.1 Å². The third-order valence-corrected chi connectivity index (χ3v) is 5.01. The highest BCUT2D eigenvalue weighted by Crippen LogP contribution is 2.27. The standard InChI is InChI=1S/C20H23F2N3O3/c21-20(22)18-6-2-1-4-14(18)11-24-9-3-5-17(12-24)23-16-8-7-15(13-26)19(10-16)25(27)28/h1-2,4,6-8,10,17,20,23,26H,3,5,9,11-13H2. The number of benzene rings is 2. The molecule has 28 heavy (non-hydrogen) atoms. The minimum Gasteiger partial charge on any atom is -0.391 e. The Morgan fingerprint density at radius 1 is 1.25 bits per heavy atom. The first kappa shape index (κ1) is 20.2. The van der Waals surface area contributed by atoms with Crippen molar-refractivity contribution >= 4 is 11.4 Å². The Kier molecular flexibility index (Phi) is 6.53. The van der Waals surface area contributed by atoms with Crippen LogP contribution in [-0.4, -0.2) is 34.1 Å². The van der Waals surface area contributed by atoms with Gasteiger partial charge in [0.15, 0.2) is 0 Å². The van der Waals surface area contributed by atoms with Gasteiger partial charge in [0.05, 0.1) is 17.1 Å². The van der Waals surface area contributed by atoms with E-state index < -0.39 is 18.0 Å². The maximum absolute atomic E-state index is 13.2. The van der Waals surface area contributed by atoms with Gasteiger partial charge >= 0.3 is 0 Å². The maximum Gasteiger partial charge on any atom is 0.276 e. The van der Waals surface area contributed by atoms with Gasteiger partial charge in [-0.05, 0) is 37.1 Å². The van der Waals surface area contributed by atoms with Crippen LogP contribution in [0.1, 0.15) is 36.0 Å². The van der Waals surface area contributed by atoms with Crippen molar-refractivity contribution in [1.29, 1.82) is 0 Å². The van der Waals surface area contributed by atoms with Gasteiger partial charge in [-0.3, -0.25) is 15.0 Å². The molecule has 2 aromatic rings. The molecule has 0 amide bonds. The highest BCUT2D eigenvalue weighted by atomic mass is 19.3. The van der Waals surface area contributed by atoms with Crippen LogP contribution >= 0.6 is 0 Å².